The van der Waals surface area contributed by atoms with Gasteiger partial charge in [-0.15, -0.1) is 0 Å². The second-order valence-electron chi connectivity index (χ2n) is 11.6. The van der Waals surface area contributed by atoms with Gasteiger partial charge in [0.05, 0.1) is 23.2 Å². The van der Waals surface area contributed by atoms with Gasteiger partial charge in [0, 0.05) is 15.7 Å². The Kier molecular flexibility index (Phi) is 8.88. The largest absolute Gasteiger partial charge is 0.481 e. The molecule has 1 aliphatic rings. The third-order valence-corrected chi connectivity index (χ3v) is 9.70. The summed E-state index contributed by atoms with van der Waals surface area (Å²) in [6, 6.07) is 26.3. The Balaban J connectivity index is 1.32. The van der Waals surface area contributed by atoms with Crippen molar-refractivity contribution >= 4 is 52.4 Å². The molecule has 1 fully saturated rings. The number of fused-ring (bicyclic) bond motifs is 1. The first-order chi connectivity index (χ1) is 19.6. The first kappa shape index (κ1) is 29.4. The minimum Gasteiger partial charge on any atom is -0.481 e. The van der Waals surface area contributed by atoms with Crippen molar-refractivity contribution < 1.29 is 15.0 Å². The maximum Gasteiger partial charge on any atom is 0.303 e. The summed E-state index contributed by atoms with van der Waals surface area (Å²) in [5.41, 5.74) is 5.00. The van der Waals surface area contributed by atoms with Crippen LogP contribution in [0.1, 0.15) is 72.7 Å². The number of aromatic nitrogens is 1. The van der Waals surface area contributed by atoms with E-state index in [1.807, 2.05) is 80.2 Å². The fourth-order valence-corrected chi connectivity index (χ4v) is 7.35. The number of halogens is 1. The van der Waals surface area contributed by atoms with E-state index < -0.39 is 11.6 Å². The van der Waals surface area contributed by atoms with Crippen molar-refractivity contribution in [2.45, 2.75) is 56.8 Å². The predicted molar refractivity (Wildman–Crippen MR) is 171 cm³/mol. The molecule has 0 bridgehead atoms. The number of hydrogen-bond acceptors (Lipinski definition) is 4. The lowest BCUT2D eigenvalue weighted by Crippen LogP contribution is -2.18. The summed E-state index contributed by atoms with van der Waals surface area (Å²) in [7, 11) is 0. The molecular formula is C35H36ClNO3S. The van der Waals surface area contributed by atoms with Crippen LogP contribution in [0.15, 0.2) is 78.9 Å². The molecule has 0 unspecified atom stereocenters. The highest BCUT2D eigenvalue weighted by Gasteiger charge is 2.51. The Morgan fingerprint density at radius 1 is 1.05 bits per heavy atom. The van der Waals surface area contributed by atoms with Crippen LogP contribution in [0.3, 0.4) is 0 Å². The smallest absolute Gasteiger partial charge is 0.303 e. The van der Waals surface area contributed by atoms with Crippen molar-refractivity contribution in [3.05, 3.63) is 112 Å². The minimum absolute atomic E-state index is 0.109. The van der Waals surface area contributed by atoms with Gasteiger partial charge in [0.2, 0.25) is 0 Å². The first-order valence-electron chi connectivity index (χ1n) is 14.1. The summed E-state index contributed by atoms with van der Waals surface area (Å²) in [6.07, 6.45) is 7.95. The zero-order valence-corrected chi connectivity index (χ0v) is 25.1. The Bertz CT molecular complexity index is 1570. The number of nitrogens with zero attached hydrogens (tertiary/aromatic N) is 1. The van der Waals surface area contributed by atoms with Crippen LogP contribution in [0, 0.1) is 5.41 Å². The molecule has 5 rings (SSSR count). The SMILES string of the molecule is CC(C)(O)c1ccccc1CCCS[C@@H](c1cccc(C=Cc2ccc3ccc(Cl)cc3n2)c1)C1(CC(=O)O)CC1. The van der Waals surface area contributed by atoms with Gasteiger partial charge in [-0.2, -0.15) is 11.8 Å². The summed E-state index contributed by atoms with van der Waals surface area (Å²) >= 11 is 8.03. The first-order valence-corrected chi connectivity index (χ1v) is 15.5. The molecule has 0 saturated heterocycles. The third kappa shape index (κ3) is 7.40. The maximum absolute atomic E-state index is 11.8. The molecule has 0 radical (unpaired) electrons. The highest BCUT2D eigenvalue weighted by Crippen LogP contribution is 2.62. The van der Waals surface area contributed by atoms with E-state index in [2.05, 4.69) is 36.4 Å². The number of hydrogen-bond donors (Lipinski definition) is 2. The van der Waals surface area contributed by atoms with Crippen LogP contribution in [0.5, 0.6) is 0 Å². The molecule has 41 heavy (non-hydrogen) atoms. The second-order valence-corrected chi connectivity index (χ2v) is 13.2. The average Bonchev–Trinajstić information content (AvgIpc) is 3.70. The van der Waals surface area contributed by atoms with E-state index in [0.717, 1.165) is 59.2 Å². The van der Waals surface area contributed by atoms with Gasteiger partial charge >= 0.3 is 5.97 Å². The number of carboxylic acids is 1. The van der Waals surface area contributed by atoms with Gasteiger partial charge in [-0.3, -0.25) is 4.79 Å². The molecule has 1 saturated carbocycles. The van der Waals surface area contributed by atoms with Gasteiger partial charge in [0.25, 0.3) is 0 Å². The number of thioether (sulfide) groups is 1. The fraction of sp³-hybridized carbons (Fsp3) is 0.314. The van der Waals surface area contributed by atoms with Crippen LogP contribution in [-0.4, -0.2) is 26.9 Å². The molecule has 1 aromatic heterocycles. The van der Waals surface area contributed by atoms with Crippen LogP contribution in [0.2, 0.25) is 5.02 Å². The highest BCUT2D eigenvalue weighted by molar-refractivity contribution is 7.99. The van der Waals surface area contributed by atoms with Gasteiger partial charge in [0.1, 0.15) is 0 Å². The van der Waals surface area contributed by atoms with E-state index >= 15 is 0 Å². The monoisotopic (exact) mass is 585 g/mol. The van der Waals surface area contributed by atoms with Crippen LogP contribution in [-0.2, 0) is 16.8 Å². The lowest BCUT2D eigenvalue weighted by molar-refractivity contribution is -0.138. The highest BCUT2D eigenvalue weighted by atomic mass is 35.5. The van der Waals surface area contributed by atoms with Crippen LogP contribution >= 0.6 is 23.4 Å². The Morgan fingerprint density at radius 2 is 1.83 bits per heavy atom. The zero-order chi connectivity index (χ0) is 29.0. The fourth-order valence-electron chi connectivity index (χ4n) is 5.63. The molecule has 0 spiro atoms. The quantitative estimate of drug-likeness (QED) is 0.162. The molecule has 4 nitrogen and oxygen atoms in total. The molecule has 1 aliphatic carbocycles. The van der Waals surface area contributed by atoms with E-state index in [0.29, 0.717) is 5.02 Å². The third-order valence-electron chi connectivity index (χ3n) is 7.84. The number of pyridine rings is 1. The summed E-state index contributed by atoms with van der Waals surface area (Å²) in [5.74, 6) is 0.182. The molecule has 0 aliphatic heterocycles. The number of rotatable bonds is 12. The molecule has 0 amide bonds. The van der Waals surface area contributed by atoms with Gasteiger partial charge in [-0.25, -0.2) is 4.98 Å². The van der Waals surface area contributed by atoms with Gasteiger partial charge in [-0.1, -0.05) is 78.3 Å². The molecule has 4 aromatic rings. The number of aryl methyl sites for hydroxylation is 1. The number of carboxylic acid groups (broad SMARTS) is 1. The topological polar surface area (TPSA) is 70.4 Å². The zero-order valence-electron chi connectivity index (χ0n) is 23.5. The summed E-state index contributed by atoms with van der Waals surface area (Å²) in [4.78, 5) is 16.5. The Labute approximate surface area is 251 Å². The van der Waals surface area contributed by atoms with E-state index in [1.165, 1.54) is 11.1 Å². The minimum atomic E-state index is -0.880. The molecule has 1 heterocycles. The lowest BCUT2D eigenvalue weighted by atomic mass is 9.91. The molecular weight excluding hydrogens is 550 g/mol. The number of benzene rings is 3. The summed E-state index contributed by atoms with van der Waals surface area (Å²) < 4.78 is 0. The van der Waals surface area contributed by atoms with Gasteiger partial charge in [-0.05, 0) is 97.2 Å². The standard InChI is InChI=1S/C35H36ClNO3S/c1-34(2,40)30-11-4-3-8-25(30)10-6-20-41-33(35(18-19-35)23-32(38)39)27-9-5-7-24(21-27)12-16-29-17-14-26-13-15-28(36)22-31(26)37-29/h3-5,7-9,11-17,21-22,33,40H,6,10,18-20,23H2,1-2H3,(H,38,39)/t33-/m0/s1. The number of aliphatic carboxylic acids is 1. The normalized spacial score (nSPS) is 15.3. The molecule has 1 atom stereocenters. The summed E-state index contributed by atoms with van der Waals surface area (Å²) in [5, 5.41) is 22.1. The van der Waals surface area contributed by atoms with Gasteiger partial charge in [0.15, 0.2) is 0 Å². The number of carbonyl (C=O) groups is 1. The van der Waals surface area contributed by atoms with Crippen LogP contribution in [0.4, 0.5) is 0 Å². The molecule has 2 N–H and O–H groups in total. The molecule has 3 aromatic carbocycles. The molecule has 6 heteroatoms. The van der Waals surface area contributed by atoms with E-state index in [4.69, 9.17) is 16.6 Å². The summed E-state index contributed by atoms with van der Waals surface area (Å²) in [6.45, 7) is 3.65. The van der Waals surface area contributed by atoms with Crippen LogP contribution < -0.4 is 0 Å². The van der Waals surface area contributed by atoms with Crippen molar-refractivity contribution in [1.29, 1.82) is 0 Å². The van der Waals surface area contributed by atoms with E-state index in [-0.39, 0.29) is 17.1 Å². The Hall–Kier alpha value is -3.12. The molecule has 212 valence electrons. The van der Waals surface area contributed by atoms with Gasteiger partial charge < -0.3 is 10.2 Å². The van der Waals surface area contributed by atoms with Crippen molar-refractivity contribution in [1.82, 2.24) is 4.98 Å². The predicted octanol–water partition coefficient (Wildman–Crippen LogP) is 8.95. The van der Waals surface area contributed by atoms with Crippen molar-refractivity contribution in [2.75, 3.05) is 5.75 Å². The van der Waals surface area contributed by atoms with Crippen molar-refractivity contribution in [2.24, 2.45) is 5.41 Å². The van der Waals surface area contributed by atoms with E-state index in [1.54, 1.807) is 0 Å². The average molecular weight is 586 g/mol. The maximum atomic E-state index is 11.8. The van der Waals surface area contributed by atoms with Crippen LogP contribution in [0.25, 0.3) is 23.1 Å². The second kappa shape index (κ2) is 12.4. The van der Waals surface area contributed by atoms with Crippen molar-refractivity contribution in [3.8, 4) is 0 Å². The van der Waals surface area contributed by atoms with Crippen molar-refractivity contribution in [3.63, 3.8) is 0 Å². The number of aliphatic hydroxyl groups is 1. The van der Waals surface area contributed by atoms with E-state index in [9.17, 15) is 15.0 Å². The Morgan fingerprint density at radius 3 is 2.59 bits per heavy atom. The lowest BCUT2D eigenvalue weighted by Gasteiger charge is -2.27.